The molecule has 0 atom stereocenters. The highest BCUT2D eigenvalue weighted by Gasteiger charge is 2.19. The van der Waals surface area contributed by atoms with Crippen LogP contribution < -0.4 is 10.2 Å². The van der Waals surface area contributed by atoms with Gasteiger partial charge in [0.25, 0.3) is 0 Å². The molecule has 152 valence electrons. The number of aryl methyl sites for hydroxylation is 1. The van der Waals surface area contributed by atoms with Gasteiger partial charge in [-0.2, -0.15) is 0 Å². The maximum absolute atomic E-state index is 11.7. The number of aromatic hydroxyl groups is 1. The van der Waals surface area contributed by atoms with E-state index in [4.69, 9.17) is 9.15 Å². The van der Waals surface area contributed by atoms with Crippen molar-refractivity contribution in [1.29, 1.82) is 0 Å². The van der Waals surface area contributed by atoms with Crippen LogP contribution in [0, 0.1) is 6.92 Å². The predicted molar refractivity (Wildman–Crippen MR) is 114 cm³/mol. The van der Waals surface area contributed by atoms with Crippen LogP contribution in [0.2, 0.25) is 0 Å². The Kier molecular flexibility index (Phi) is 5.58. The van der Waals surface area contributed by atoms with Gasteiger partial charge >= 0.3 is 0 Å². The number of hydrogen-bond donors (Lipinski definition) is 1. The molecule has 4 rings (SSSR count). The summed E-state index contributed by atoms with van der Waals surface area (Å²) in [7, 11) is 1.62. The molecule has 4 aromatic rings. The molecule has 2 aromatic carbocycles. The summed E-state index contributed by atoms with van der Waals surface area (Å²) in [6.45, 7) is 2.03. The van der Waals surface area contributed by atoms with E-state index < -0.39 is 11.2 Å². The van der Waals surface area contributed by atoms with Gasteiger partial charge in [-0.15, -0.1) is 10.2 Å². The first-order valence-electron chi connectivity index (χ1n) is 9.16. The average Bonchev–Trinajstić information content (AvgIpc) is 3.19. The number of para-hydroxylation sites is 1. The van der Waals surface area contributed by atoms with E-state index in [0.29, 0.717) is 28.2 Å². The molecule has 8 heteroatoms. The lowest BCUT2D eigenvalue weighted by atomic mass is 10.1. The molecule has 1 N–H and O–H groups in total. The van der Waals surface area contributed by atoms with E-state index in [1.165, 1.54) is 17.8 Å². The fraction of sp³-hybridized carbons (Fsp3) is 0.136. The summed E-state index contributed by atoms with van der Waals surface area (Å²) in [6, 6.07) is 17.0. The molecule has 0 amide bonds. The highest BCUT2D eigenvalue weighted by atomic mass is 32.2. The third kappa shape index (κ3) is 3.95. The fourth-order valence-corrected chi connectivity index (χ4v) is 3.79. The lowest BCUT2D eigenvalue weighted by Crippen LogP contribution is -2.02. The Balaban J connectivity index is 1.76. The standard InChI is InChI=1S/C22H19N3O4S/c1-14-7-9-15(10-8-14)25-21(17-5-3-4-6-20(17)28-2)23-24-22(25)30-13-16-11-18(26)19(27)12-29-16/h3-12,27H,13H2,1-2H3. The summed E-state index contributed by atoms with van der Waals surface area (Å²) < 4.78 is 12.8. The second kappa shape index (κ2) is 8.46. The van der Waals surface area contributed by atoms with E-state index >= 15 is 0 Å². The zero-order valence-corrected chi connectivity index (χ0v) is 17.2. The quantitative estimate of drug-likeness (QED) is 0.467. The minimum atomic E-state index is -0.480. The van der Waals surface area contributed by atoms with Gasteiger partial charge in [0.15, 0.2) is 16.7 Å². The summed E-state index contributed by atoms with van der Waals surface area (Å²) in [4.78, 5) is 11.7. The summed E-state index contributed by atoms with van der Waals surface area (Å²) in [5.74, 6) is 1.71. The maximum Gasteiger partial charge on any atom is 0.226 e. The highest BCUT2D eigenvalue weighted by Crippen LogP contribution is 2.34. The molecule has 2 aromatic heterocycles. The zero-order chi connectivity index (χ0) is 21.1. The maximum atomic E-state index is 11.7. The molecule has 0 aliphatic carbocycles. The van der Waals surface area contributed by atoms with Gasteiger partial charge in [0.05, 0.1) is 18.4 Å². The topological polar surface area (TPSA) is 90.4 Å². The van der Waals surface area contributed by atoms with E-state index in [9.17, 15) is 9.90 Å². The first-order chi connectivity index (χ1) is 14.6. The molecule has 0 aliphatic rings. The van der Waals surface area contributed by atoms with Gasteiger partial charge in [0, 0.05) is 11.8 Å². The number of nitrogens with zero attached hydrogens (tertiary/aromatic N) is 3. The number of hydrogen-bond acceptors (Lipinski definition) is 7. The van der Waals surface area contributed by atoms with Crippen molar-refractivity contribution in [2.24, 2.45) is 0 Å². The minimum absolute atomic E-state index is 0.353. The Hall–Kier alpha value is -3.52. The normalized spacial score (nSPS) is 10.9. The van der Waals surface area contributed by atoms with Crippen LogP contribution in [0.15, 0.2) is 75.2 Å². The molecule has 0 saturated heterocycles. The van der Waals surface area contributed by atoms with Crippen molar-refractivity contribution < 1.29 is 14.3 Å². The number of rotatable bonds is 6. The molecule has 0 fully saturated rings. The Bertz CT molecular complexity index is 1230. The molecular weight excluding hydrogens is 402 g/mol. The minimum Gasteiger partial charge on any atom is -0.502 e. The Labute approximate surface area is 177 Å². The van der Waals surface area contributed by atoms with Crippen molar-refractivity contribution >= 4 is 11.8 Å². The monoisotopic (exact) mass is 421 g/mol. The van der Waals surface area contributed by atoms with E-state index in [-0.39, 0.29) is 0 Å². The van der Waals surface area contributed by atoms with Gasteiger partial charge in [0.2, 0.25) is 5.43 Å². The van der Waals surface area contributed by atoms with E-state index in [1.54, 1.807) is 7.11 Å². The summed E-state index contributed by atoms with van der Waals surface area (Å²) in [5.41, 5.74) is 2.38. The van der Waals surface area contributed by atoms with Gasteiger partial charge in [0.1, 0.15) is 17.8 Å². The van der Waals surface area contributed by atoms with Crippen LogP contribution in [0.5, 0.6) is 11.5 Å². The molecule has 2 heterocycles. The van der Waals surface area contributed by atoms with E-state index in [2.05, 4.69) is 10.2 Å². The fourth-order valence-electron chi connectivity index (χ4n) is 2.95. The Morgan fingerprint density at radius 2 is 1.90 bits per heavy atom. The summed E-state index contributed by atoms with van der Waals surface area (Å²) in [5, 5.41) is 18.8. The first kappa shape index (κ1) is 19.8. The molecule has 0 bridgehead atoms. The van der Waals surface area contributed by atoms with Crippen molar-refractivity contribution in [2.75, 3.05) is 7.11 Å². The third-order valence-corrected chi connectivity index (χ3v) is 5.43. The lowest BCUT2D eigenvalue weighted by Gasteiger charge is -2.12. The molecule has 0 radical (unpaired) electrons. The molecule has 0 spiro atoms. The number of aromatic nitrogens is 3. The van der Waals surface area contributed by atoms with Crippen molar-refractivity contribution in [1.82, 2.24) is 14.8 Å². The van der Waals surface area contributed by atoms with Crippen LogP contribution in [0.1, 0.15) is 11.3 Å². The predicted octanol–water partition coefficient (Wildman–Crippen LogP) is 4.20. The Morgan fingerprint density at radius 3 is 2.63 bits per heavy atom. The van der Waals surface area contributed by atoms with Crippen molar-refractivity contribution in [3.63, 3.8) is 0 Å². The second-order valence-corrected chi connectivity index (χ2v) is 7.50. The Morgan fingerprint density at radius 1 is 1.13 bits per heavy atom. The molecule has 0 aliphatic heterocycles. The number of methoxy groups -OCH3 is 1. The van der Waals surface area contributed by atoms with Crippen molar-refractivity contribution in [3.05, 3.63) is 82.4 Å². The molecule has 7 nitrogen and oxygen atoms in total. The van der Waals surface area contributed by atoms with E-state index in [0.717, 1.165) is 23.1 Å². The van der Waals surface area contributed by atoms with Gasteiger partial charge in [-0.1, -0.05) is 41.6 Å². The van der Waals surface area contributed by atoms with Gasteiger partial charge < -0.3 is 14.3 Å². The van der Waals surface area contributed by atoms with Crippen LogP contribution in [0.3, 0.4) is 0 Å². The van der Waals surface area contributed by atoms with E-state index in [1.807, 2.05) is 60.0 Å². The smallest absolute Gasteiger partial charge is 0.226 e. The molecule has 30 heavy (non-hydrogen) atoms. The number of thioether (sulfide) groups is 1. The molecular formula is C22H19N3O4S. The van der Waals surface area contributed by atoms with Gasteiger partial charge in [-0.25, -0.2) is 0 Å². The first-order valence-corrected chi connectivity index (χ1v) is 10.1. The average molecular weight is 421 g/mol. The van der Waals surface area contributed by atoms with Crippen molar-refractivity contribution in [2.45, 2.75) is 17.8 Å². The summed E-state index contributed by atoms with van der Waals surface area (Å²) in [6.07, 6.45) is 1.04. The summed E-state index contributed by atoms with van der Waals surface area (Å²) >= 11 is 1.38. The van der Waals surface area contributed by atoms with Crippen LogP contribution in [-0.2, 0) is 5.75 Å². The van der Waals surface area contributed by atoms with Crippen LogP contribution in [0.25, 0.3) is 17.1 Å². The van der Waals surface area contributed by atoms with Gasteiger partial charge in [-0.05, 0) is 31.2 Å². The van der Waals surface area contributed by atoms with Crippen molar-refractivity contribution in [3.8, 4) is 28.6 Å². The zero-order valence-electron chi connectivity index (χ0n) is 16.4. The molecule has 0 saturated carbocycles. The van der Waals surface area contributed by atoms with Gasteiger partial charge in [-0.3, -0.25) is 9.36 Å². The lowest BCUT2D eigenvalue weighted by molar-refractivity contribution is 0.416. The van der Waals surface area contributed by atoms with Crippen LogP contribution in [-0.4, -0.2) is 27.0 Å². The highest BCUT2D eigenvalue weighted by molar-refractivity contribution is 7.98. The second-order valence-electron chi connectivity index (χ2n) is 6.56. The van der Waals surface area contributed by atoms with Crippen LogP contribution in [0.4, 0.5) is 0 Å². The SMILES string of the molecule is COc1ccccc1-c1nnc(SCc2cc(=O)c(O)co2)n1-c1ccc(C)cc1. The number of ether oxygens (including phenoxy) is 1. The molecule has 0 unspecified atom stereocenters. The third-order valence-electron chi connectivity index (χ3n) is 4.48. The largest absolute Gasteiger partial charge is 0.502 e. The number of benzene rings is 2. The van der Waals surface area contributed by atoms with Crippen LogP contribution >= 0.6 is 11.8 Å².